The van der Waals surface area contributed by atoms with Crippen LogP contribution in [0.1, 0.15) is 21.2 Å². The van der Waals surface area contributed by atoms with Crippen molar-refractivity contribution in [2.45, 2.75) is 10.1 Å². The smallest absolute Gasteiger partial charge is 0.255 e. The summed E-state index contributed by atoms with van der Waals surface area (Å²) in [5.74, 6) is 0.340. The third-order valence-electron chi connectivity index (χ3n) is 5.15. The maximum absolute atomic E-state index is 13.3. The predicted octanol–water partition coefficient (Wildman–Crippen LogP) is 7.18. The predicted molar refractivity (Wildman–Crippen MR) is 145 cm³/mol. The molecule has 35 heavy (non-hydrogen) atoms. The Balaban J connectivity index is 1.51. The van der Waals surface area contributed by atoms with Crippen LogP contribution >= 0.6 is 27.7 Å². The second-order valence-corrected chi connectivity index (χ2v) is 9.71. The summed E-state index contributed by atoms with van der Waals surface area (Å²) in [6, 6.07) is 31.5. The molecule has 0 heterocycles. The van der Waals surface area contributed by atoms with Gasteiger partial charge in [0.15, 0.2) is 0 Å². The fraction of sp³-hybridized carbons (Fsp3) is 0.0714. The van der Waals surface area contributed by atoms with Crippen molar-refractivity contribution in [2.75, 3.05) is 17.7 Å². The van der Waals surface area contributed by atoms with E-state index in [1.165, 1.54) is 11.8 Å². The lowest BCUT2D eigenvalue weighted by Gasteiger charge is -2.18. The Hall–Kier alpha value is -3.55. The molecule has 0 fully saturated rings. The summed E-state index contributed by atoms with van der Waals surface area (Å²) in [6.45, 7) is 0. The van der Waals surface area contributed by atoms with Crippen LogP contribution in [0.25, 0.3) is 0 Å². The first-order valence-electron chi connectivity index (χ1n) is 10.9. The number of thioether (sulfide) groups is 1. The van der Waals surface area contributed by atoms with Gasteiger partial charge in [0.25, 0.3) is 5.91 Å². The van der Waals surface area contributed by atoms with Crippen LogP contribution in [0.4, 0.5) is 11.4 Å². The third kappa shape index (κ3) is 6.74. The lowest BCUT2D eigenvalue weighted by atomic mass is 10.1. The number of halogens is 1. The second-order valence-electron chi connectivity index (χ2n) is 7.62. The molecule has 1 atom stereocenters. The minimum atomic E-state index is -0.479. The average Bonchev–Trinajstić information content (AvgIpc) is 2.89. The summed E-state index contributed by atoms with van der Waals surface area (Å²) >= 11 is 4.84. The van der Waals surface area contributed by atoms with Crippen LogP contribution in [0.3, 0.4) is 0 Å². The topological polar surface area (TPSA) is 67.4 Å². The van der Waals surface area contributed by atoms with Crippen molar-refractivity contribution in [3.8, 4) is 5.75 Å². The minimum absolute atomic E-state index is 0.129. The van der Waals surface area contributed by atoms with Crippen molar-refractivity contribution in [3.05, 3.63) is 119 Å². The molecule has 1 unspecified atom stereocenters. The quantitative estimate of drug-likeness (QED) is 0.229. The molecule has 0 aromatic heterocycles. The van der Waals surface area contributed by atoms with Gasteiger partial charge in [-0.1, -0.05) is 52.3 Å². The lowest BCUT2D eigenvalue weighted by Crippen LogP contribution is -2.19. The van der Waals surface area contributed by atoms with E-state index in [4.69, 9.17) is 4.74 Å². The van der Waals surface area contributed by atoms with Gasteiger partial charge in [0.1, 0.15) is 11.0 Å². The molecule has 176 valence electrons. The SMILES string of the molecule is COc1ccc(C(=O)Nc2cccc(SC(C(=O)Nc3ccc(Br)cc3)c3ccccc3)c2)cc1. The number of methoxy groups -OCH3 is 1. The lowest BCUT2D eigenvalue weighted by molar-refractivity contribution is -0.115. The van der Waals surface area contributed by atoms with E-state index >= 15 is 0 Å². The van der Waals surface area contributed by atoms with Gasteiger partial charge < -0.3 is 15.4 Å². The zero-order valence-corrected chi connectivity index (χ0v) is 21.3. The van der Waals surface area contributed by atoms with Crippen molar-refractivity contribution in [2.24, 2.45) is 0 Å². The van der Waals surface area contributed by atoms with E-state index in [1.54, 1.807) is 31.4 Å². The molecule has 4 rings (SSSR count). The Morgan fingerprint density at radius 3 is 2.20 bits per heavy atom. The highest BCUT2D eigenvalue weighted by molar-refractivity contribution is 9.10. The molecule has 2 amide bonds. The molecule has 0 radical (unpaired) electrons. The Labute approximate surface area is 217 Å². The molecule has 0 aliphatic rings. The van der Waals surface area contributed by atoms with Crippen LogP contribution in [0, 0.1) is 0 Å². The molecule has 0 saturated carbocycles. The van der Waals surface area contributed by atoms with Crippen molar-refractivity contribution in [1.82, 2.24) is 0 Å². The van der Waals surface area contributed by atoms with Gasteiger partial charge in [-0.2, -0.15) is 0 Å². The van der Waals surface area contributed by atoms with Gasteiger partial charge in [0.2, 0.25) is 5.91 Å². The Morgan fingerprint density at radius 1 is 0.800 bits per heavy atom. The van der Waals surface area contributed by atoms with Crippen LogP contribution in [0.5, 0.6) is 5.75 Å². The minimum Gasteiger partial charge on any atom is -0.497 e. The summed E-state index contributed by atoms with van der Waals surface area (Å²) in [5, 5.41) is 5.45. The van der Waals surface area contributed by atoms with Gasteiger partial charge in [0.05, 0.1) is 7.11 Å². The number of benzene rings is 4. The highest BCUT2D eigenvalue weighted by atomic mass is 79.9. The molecule has 7 heteroatoms. The van der Waals surface area contributed by atoms with E-state index in [0.29, 0.717) is 17.0 Å². The number of rotatable bonds is 8. The van der Waals surface area contributed by atoms with Gasteiger partial charge in [-0.15, -0.1) is 11.8 Å². The van der Waals surface area contributed by atoms with Gasteiger partial charge in [-0.25, -0.2) is 0 Å². The summed E-state index contributed by atoms with van der Waals surface area (Å²) in [6.07, 6.45) is 0. The maximum atomic E-state index is 13.3. The number of anilines is 2. The number of ether oxygens (including phenoxy) is 1. The summed E-state index contributed by atoms with van der Waals surface area (Å²) in [4.78, 5) is 26.8. The van der Waals surface area contributed by atoms with Crippen LogP contribution in [-0.4, -0.2) is 18.9 Å². The largest absolute Gasteiger partial charge is 0.497 e. The number of nitrogens with one attached hydrogen (secondary N) is 2. The maximum Gasteiger partial charge on any atom is 0.255 e. The van der Waals surface area contributed by atoms with Gasteiger partial charge >= 0.3 is 0 Å². The van der Waals surface area contributed by atoms with Crippen LogP contribution < -0.4 is 15.4 Å². The molecule has 5 nitrogen and oxygen atoms in total. The van der Waals surface area contributed by atoms with E-state index in [1.807, 2.05) is 78.9 Å². The van der Waals surface area contributed by atoms with Crippen molar-refractivity contribution in [1.29, 1.82) is 0 Å². The van der Waals surface area contributed by atoms with E-state index < -0.39 is 5.25 Å². The standard InChI is InChI=1S/C28H23BrN2O3S/c1-34-24-16-10-20(11-17-24)27(32)31-23-8-5-9-25(18-23)35-26(19-6-3-2-4-7-19)28(33)30-22-14-12-21(29)13-15-22/h2-18,26H,1H3,(H,30,33)(H,31,32). The molecule has 4 aromatic carbocycles. The van der Waals surface area contributed by atoms with Crippen molar-refractivity contribution < 1.29 is 14.3 Å². The molecule has 0 aliphatic carbocycles. The van der Waals surface area contributed by atoms with Gasteiger partial charge in [0, 0.05) is 26.3 Å². The molecule has 4 aromatic rings. The molecule has 0 bridgehead atoms. The van der Waals surface area contributed by atoms with E-state index in [0.717, 1.165) is 20.6 Å². The Bertz CT molecular complexity index is 1300. The van der Waals surface area contributed by atoms with Crippen LogP contribution in [0.15, 0.2) is 112 Å². The van der Waals surface area contributed by atoms with Gasteiger partial charge in [-0.05, 0) is 72.3 Å². The highest BCUT2D eigenvalue weighted by Gasteiger charge is 2.22. The third-order valence-corrected chi connectivity index (χ3v) is 6.93. The van der Waals surface area contributed by atoms with Crippen LogP contribution in [-0.2, 0) is 4.79 Å². The first kappa shape index (κ1) is 24.6. The van der Waals surface area contributed by atoms with E-state index in [2.05, 4.69) is 26.6 Å². The van der Waals surface area contributed by atoms with Crippen molar-refractivity contribution in [3.63, 3.8) is 0 Å². The molecule has 0 spiro atoms. The molecule has 2 N–H and O–H groups in total. The fourth-order valence-electron chi connectivity index (χ4n) is 3.37. The number of hydrogen-bond acceptors (Lipinski definition) is 4. The Kier molecular flexibility index (Phi) is 8.23. The zero-order chi connectivity index (χ0) is 24.6. The number of amides is 2. The van der Waals surface area contributed by atoms with Crippen LogP contribution in [0.2, 0.25) is 0 Å². The Morgan fingerprint density at radius 2 is 1.51 bits per heavy atom. The van der Waals surface area contributed by atoms with E-state index in [-0.39, 0.29) is 11.8 Å². The number of hydrogen-bond donors (Lipinski definition) is 2. The number of carbonyl (C=O) groups excluding carboxylic acids is 2. The normalized spacial score (nSPS) is 11.4. The van der Waals surface area contributed by atoms with E-state index in [9.17, 15) is 9.59 Å². The molecule has 0 saturated heterocycles. The van der Waals surface area contributed by atoms with Crippen molar-refractivity contribution >= 4 is 50.9 Å². The average molecular weight is 547 g/mol. The first-order chi connectivity index (χ1) is 17.0. The monoisotopic (exact) mass is 546 g/mol. The molecule has 0 aliphatic heterocycles. The molecular formula is C28H23BrN2O3S. The fourth-order valence-corrected chi connectivity index (χ4v) is 4.72. The molecular weight excluding hydrogens is 524 g/mol. The summed E-state index contributed by atoms with van der Waals surface area (Å²) in [7, 11) is 1.58. The summed E-state index contributed by atoms with van der Waals surface area (Å²) < 4.78 is 6.09. The highest BCUT2D eigenvalue weighted by Crippen LogP contribution is 2.37. The number of carbonyl (C=O) groups is 2. The van der Waals surface area contributed by atoms with Gasteiger partial charge in [-0.3, -0.25) is 9.59 Å². The summed E-state index contributed by atoms with van der Waals surface area (Å²) in [5.41, 5.74) is 2.79. The zero-order valence-electron chi connectivity index (χ0n) is 18.9. The second kappa shape index (κ2) is 11.7. The first-order valence-corrected chi connectivity index (χ1v) is 12.5.